The Morgan fingerprint density at radius 3 is 2.17 bits per heavy atom. The molecule has 0 aliphatic carbocycles. The second-order valence-electron chi connectivity index (χ2n) is 11.7. The molecule has 2 atom stereocenters. The van der Waals surface area contributed by atoms with Crippen molar-refractivity contribution in [3.8, 4) is 5.75 Å². The number of phenolic OH excluding ortho intramolecular Hbond substituents is 1. The Kier molecular flexibility index (Phi) is 11.3. The summed E-state index contributed by atoms with van der Waals surface area (Å²) >= 11 is 7.95. The number of halogens is 1. The smallest absolute Gasteiger partial charge is 0.408 e. The maximum absolute atomic E-state index is 14.4. The zero-order valence-corrected chi connectivity index (χ0v) is 26.4. The highest BCUT2D eigenvalue weighted by Gasteiger charge is 2.43. The zero-order valence-electron chi connectivity index (χ0n) is 24.8. The minimum atomic E-state index is -1.25. The molecule has 0 aromatic heterocycles. The maximum Gasteiger partial charge on any atom is 0.408 e. The van der Waals surface area contributed by atoms with E-state index in [0.29, 0.717) is 28.4 Å². The Morgan fingerprint density at radius 1 is 1.02 bits per heavy atom. The molecule has 2 aromatic carbocycles. The van der Waals surface area contributed by atoms with Crippen LogP contribution in [0.3, 0.4) is 0 Å². The van der Waals surface area contributed by atoms with Gasteiger partial charge in [0.15, 0.2) is 0 Å². The van der Waals surface area contributed by atoms with Crippen LogP contribution in [0.2, 0.25) is 5.02 Å². The van der Waals surface area contributed by atoms with Crippen LogP contribution in [-0.4, -0.2) is 57.1 Å². The first-order chi connectivity index (χ1) is 18.5. The number of nitrogens with zero attached hydrogens (tertiary/aromatic N) is 1. The van der Waals surface area contributed by atoms with Crippen LogP contribution in [0.15, 0.2) is 36.4 Å². The van der Waals surface area contributed by atoms with E-state index in [9.17, 15) is 19.5 Å². The molecule has 3 amide bonds. The Bertz CT molecular complexity index is 1200. The highest BCUT2D eigenvalue weighted by Crippen LogP contribution is 2.37. The Morgan fingerprint density at radius 2 is 1.62 bits per heavy atom. The topological polar surface area (TPSA) is 108 Å². The molecule has 2 aromatic rings. The Hall–Kier alpha value is -2.91. The molecule has 2 unspecified atom stereocenters. The maximum atomic E-state index is 14.4. The summed E-state index contributed by atoms with van der Waals surface area (Å²) in [6.07, 6.45) is 1.49. The van der Waals surface area contributed by atoms with Crippen molar-refractivity contribution in [3.63, 3.8) is 0 Å². The average molecular weight is 592 g/mol. The van der Waals surface area contributed by atoms with Crippen molar-refractivity contribution >= 4 is 47.0 Å². The van der Waals surface area contributed by atoms with Gasteiger partial charge >= 0.3 is 6.09 Å². The molecule has 8 nitrogen and oxygen atoms in total. The minimum absolute atomic E-state index is 0.0960. The molecule has 3 N–H and O–H groups in total. The summed E-state index contributed by atoms with van der Waals surface area (Å²) in [5.41, 5.74) is 0.300. The fourth-order valence-corrected chi connectivity index (χ4v) is 4.98. The number of anilines is 1. The number of thioether (sulfide) groups is 1. The van der Waals surface area contributed by atoms with E-state index >= 15 is 0 Å². The van der Waals surface area contributed by atoms with Crippen LogP contribution >= 0.6 is 23.4 Å². The minimum Gasteiger partial charge on any atom is -0.507 e. The zero-order chi connectivity index (χ0) is 30.4. The van der Waals surface area contributed by atoms with Crippen LogP contribution in [0, 0.1) is 13.8 Å². The van der Waals surface area contributed by atoms with Crippen molar-refractivity contribution in [1.29, 1.82) is 0 Å². The fraction of sp³-hybridized carbons (Fsp3) is 0.500. The lowest BCUT2D eigenvalue weighted by Crippen LogP contribution is -2.58. The van der Waals surface area contributed by atoms with Gasteiger partial charge in [0, 0.05) is 11.1 Å². The molecule has 0 saturated heterocycles. The van der Waals surface area contributed by atoms with Crippen molar-refractivity contribution in [3.05, 3.63) is 58.1 Å². The van der Waals surface area contributed by atoms with Gasteiger partial charge in [-0.15, -0.1) is 0 Å². The largest absolute Gasteiger partial charge is 0.507 e. The van der Waals surface area contributed by atoms with E-state index in [4.69, 9.17) is 16.3 Å². The molecule has 0 fully saturated rings. The third-order valence-corrected chi connectivity index (χ3v) is 7.06. The number of benzene rings is 2. The van der Waals surface area contributed by atoms with Crippen molar-refractivity contribution < 1.29 is 24.2 Å². The van der Waals surface area contributed by atoms with Crippen molar-refractivity contribution in [2.24, 2.45) is 0 Å². The van der Waals surface area contributed by atoms with E-state index in [1.54, 1.807) is 78.8 Å². The number of amides is 3. The molecule has 2 rings (SSSR count). The van der Waals surface area contributed by atoms with E-state index in [1.165, 1.54) is 16.7 Å². The van der Waals surface area contributed by atoms with Gasteiger partial charge in [-0.3, -0.25) is 9.59 Å². The molecule has 0 aliphatic heterocycles. The van der Waals surface area contributed by atoms with Crippen LogP contribution in [-0.2, 0) is 14.3 Å². The summed E-state index contributed by atoms with van der Waals surface area (Å²) in [5.74, 6) is -0.554. The Balaban J connectivity index is 2.68. The SMILES string of the molecule is CSCCC(NC(=O)OC(C)(C)C)C(=O)N(C(C(=O)Nc1c(C)cccc1Cl)c1cccc(C)c1O)C(C)(C)C. The molecule has 10 heteroatoms. The first kappa shape index (κ1) is 33.3. The standard InChI is InChI=1S/C30H42ClN3O5S/c1-18-12-11-15-21(31)23(18)33-26(36)24(20-14-10-13-19(2)25(20)35)34(29(3,4)5)27(37)22(16-17-40-9)32-28(38)39-30(6,7)8/h10-15,22,24,35H,16-17H2,1-9H3,(H,32,38)(H,33,36). The first-order valence-corrected chi connectivity index (χ1v) is 14.9. The number of para-hydroxylation sites is 2. The third kappa shape index (κ3) is 8.80. The predicted octanol–water partition coefficient (Wildman–Crippen LogP) is 6.62. The summed E-state index contributed by atoms with van der Waals surface area (Å²) in [6.45, 7) is 14.2. The van der Waals surface area contributed by atoms with Gasteiger partial charge < -0.3 is 25.4 Å². The van der Waals surface area contributed by atoms with Crippen LogP contribution in [0.4, 0.5) is 10.5 Å². The summed E-state index contributed by atoms with van der Waals surface area (Å²) in [4.78, 5) is 42.7. The highest BCUT2D eigenvalue weighted by molar-refractivity contribution is 7.98. The molecule has 0 saturated carbocycles. The molecule has 40 heavy (non-hydrogen) atoms. The van der Waals surface area contributed by atoms with Gasteiger partial charge in [-0.1, -0.05) is 41.9 Å². The van der Waals surface area contributed by atoms with Crippen LogP contribution in [0.1, 0.15) is 70.7 Å². The van der Waals surface area contributed by atoms with E-state index in [0.717, 1.165) is 5.56 Å². The molecular weight excluding hydrogens is 550 g/mol. The molecule has 0 aliphatic rings. The number of aryl methyl sites for hydroxylation is 2. The molecule has 0 heterocycles. The lowest BCUT2D eigenvalue weighted by Gasteiger charge is -2.43. The molecule has 0 spiro atoms. The average Bonchev–Trinajstić information content (AvgIpc) is 2.82. The first-order valence-electron chi connectivity index (χ1n) is 13.1. The van der Waals surface area contributed by atoms with Crippen molar-refractivity contribution in [2.75, 3.05) is 17.3 Å². The number of hydrogen-bond donors (Lipinski definition) is 3. The number of carbonyl (C=O) groups excluding carboxylic acids is 3. The monoisotopic (exact) mass is 591 g/mol. The van der Waals surface area contributed by atoms with Gasteiger partial charge in [0.25, 0.3) is 5.91 Å². The summed E-state index contributed by atoms with van der Waals surface area (Å²) in [5, 5.41) is 17.1. The van der Waals surface area contributed by atoms with Gasteiger partial charge in [-0.05, 0) is 91.0 Å². The summed E-state index contributed by atoms with van der Waals surface area (Å²) < 4.78 is 5.43. The van der Waals surface area contributed by atoms with Crippen molar-refractivity contribution in [1.82, 2.24) is 10.2 Å². The number of carbonyl (C=O) groups is 3. The van der Waals surface area contributed by atoms with Crippen LogP contribution < -0.4 is 10.6 Å². The number of alkyl carbamates (subject to hydrolysis) is 1. The van der Waals surface area contributed by atoms with Gasteiger partial charge in [0.05, 0.1) is 10.7 Å². The molecular formula is C30H42ClN3O5S. The molecule has 0 radical (unpaired) electrons. The Labute approximate surface area is 247 Å². The number of rotatable bonds is 9. The second-order valence-corrected chi connectivity index (χ2v) is 13.1. The third-order valence-electron chi connectivity index (χ3n) is 6.10. The van der Waals surface area contributed by atoms with Crippen LogP contribution in [0.25, 0.3) is 0 Å². The van der Waals surface area contributed by atoms with Gasteiger partial charge in [0.1, 0.15) is 23.4 Å². The fourth-order valence-electron chi connectivity index (χ4n) is 4.24. The number of ether oxygens (including phenoxy) is 1. The predicted molar refractivity (Wildman–Crippen MR) is 163 cm³/mol. The quantitative estimate of drug-likeness (QED) is 0.303. The van der Waals surface area contributed by atoms with E-state index in [-0.39, 0.29) is 11.3 Å². The lowest BCUT2D eigenvalue weighted by molar-refractivity contribution is -0.146. The van der Waals surface area contributed by atoms with Crippen molar-refractivity contribution in [2.45, 2.75) is 85.0 Å². The molecule has 0 bridgehead atoms. The molecule has 220 valence electrons. The number of nitrogens with one attached hydrogen (secondary N) is 2. The normalized spacial score (nSPS) is 13.2. The summed E-state index contributed by atoms with van der Waals surface area (Å²) in [7, 11) is 0. The van der Waals surface area contributed by atoms with E-state index in [1.807, 2.05) is 19.2 Å². The van der Waals surface area contributed by atoms with E-state index in [2.05, 4.69) is 10.6 Å². The van der Waals surface area contributed by atoms with E-state index < -0.39 is 41.1 Å². The second kappa shape index (κ2) is 13.6. The number of phenols is 1. The van der Waals surface area contributed by atoms with Gasteiger partial charge in [-0.2, -0.15) is 11.8 Å². The summed E-state index contributed by atoms with van der Waals surface area (Å²) in [6, 6.07) is 8.10. The lowest BCUT2D eigenvalue weighted by atomic mass is 9.93. The number of aromatic hydroxyl groups is 1. The van der Waals surface area contributed by atoms with Gasteiger partial charge in [0.2, 0.25) is 5.91 Å². The van der Waals surface area contributed by atoms with Crippen LogP contribution in [0.5, 0.6) is 5.75 Å². The van der Waals surface area contributed by atoms with Gasteiger partial charge in [-0.25, -0.2) is 4.79 Å². The highest BCUT2D eigenvalue weighted by atomic mass is 35.5. The number of hydrogen-bond acceptors (Lipinski definition) is 6.